The van der Waals surface area contributed by atoms with Crippen LogP contribution in [0.15, 0.2) is 45.6 Å². The molecule has 0 N–H and O–H groups in total. The molecule has 1 atom stereocenters. The predicted octanol–water partition coefficient (Wildman–Crippen LogP) is 5.06. The van der Waals surface area contributed by atoms with Gasteiger partial charge in [0.25, 0.3) is 5.91 Å². The minimum Gasteiger partial charge on any atom is -0.494 e. The van der Waals surface area contributed by atoms with Gasteiger partial charge in [0.2, 0.25) is 10.9 Å². The number of anilines is 1. The number of rotatable bonds is 4. The maximum absolute atomic E-state index is 13.6. The molecule has 1 amide bonds. The van der Waals surface area contributed by atoms with Gasteiger partial charge in [0.15, 0.2) is 5.43 Å². The van der Waals surface area contributed by atoms with Gasteiger partial charge in [-0.15, -0.1) is 10.2 Å². The molecule has 0 radical (unpaired) electrons. The van der Waals surface area contributed by atoms with Crippen molar-refractivity contribution in [2.24, 2.45) is 0 Å². The smallest absolute Gasteiger partial charge is 0.297 e. The Morgan fingerprint density at radius 3 is 2.72 bits per heavy atom. The number of aromatic nitrogens is 2. The highest BCUT2D eigenvalue weighted by Crippen LogP contribution is 2.43. The van der Waals surface area contributed by atoms with Crippen molar-refractivity contribution in [3.63, 3.8) is 0 Å². The van der Waals surface area contributed by atoms with Crippen LogP contribution in [-0.2, 0) is 0 Å². The third-order valence-electron chi connectivity index (χ3n) is 5.36. The summed E-state index contributed by atoms with van der Waals surface area (Å²) in [7, 11) is 0. The molecule has 162 valence electrons. The van der Waals surface area contributed by atoms with Gasteiger partial charge in [-0.3, -0.25) is 14.5 Å². The number of nitrogens with zero attached hydrogens (tertiary/aromatic N) is 3. The zero-order valence-electron chi connectivity index (χ0n) is 17.5. The summed E-state index contributed by atoms with van der Waals surface area (Å²) >= 11 is 7.56. The van der Waals surface area contributed by atoms with Crippen molar-refractivity contribution in [1.29, 1.82) is 0 Å². The minimum absolute atomic E-state index is 0.00360. The van der Waals surface area contributed by atoms with Crippen LogP contribution >= 0.6 is 22.9 Å². The second-order valence-electron chi connectivity index (χ2n) is 7.46. The highest BCUT2D eigenvalue weighted by Gasteiger charge is 2.45. The average Bonchev–Trinajstić information content (AvgIpc) is 3.31. The van der Waals surface area contributed by atoms with Crippen LogP contribution in [0.25, 0.3) is 11.0 Å². The van der Waals surface area contributed by atoms with Crippen molar-refractivity contribution in [1.82, 2.24) is 10.2 Å². The number of amides is 1. The summed E-state index contributed by atoms with van der Waals surface area (Å²) in [5.74, 6) is 0.210. The Hall–Kier alpha value is -3.23. The molecule has 4 aromatic rings. The molecule has 9 heteroatoms. The third-order valence-corrected chi connectivity index (χ3v) is 6.60. The Morgan fingerprint density at radius 1 is 1.19 bits per heavy atom. The number of carbonyl (C=O) groups excluding carboxylic acids is 1. The van der Waals surface area contributed by atoms with Crippen LogP contribution in [0, 0.1) is 13.8 Å². The maximum atomic E-state index is 13.6. The van der Waals surface area contributed by atoms with E-state index in [1.807, 2.05) is 45.0 Å². The second kappa shape index (κ2) is 7.72. The van der Waals surface area contributed by atoms with Gasteiger partial charge in [-0.1, -0.05) is 35.1 Å². The van der Waals surface area contributed by atoms with Gasteiger partial charge in [-0.05, 0) is 56.2 Å². The molecule has 1 aliphatic heterocycles. The van der Waals surface area contributed by atoms with E-state index in [0.717, 1.165) is 5.56 Å². The molecule has 32 heavy (non-hydrogen) atoms. The third kappa shape index (κ3) is 3.18. The lowest BCUT2D eigenvalue weighted by molar-refractivity contribution is 0.0970. The second-order valence-corrected chi connectivity index (χ2v) is 9.03. The lowest BCUT2D eigenvalue weighted by atomic mass is 9.98. The number of benzene rings is 2. The van der Waals surface area contributed by atoms with E-state index in [1.54, 1.807) is 12.1 Å². The van der Waals surface area contributed by atoms with E-state index in [0.29, 0.717) is 44.1 Å². The van der Waals surface area contributed by atoms with Crippen molar-refractivity contribution in [2.45, 2.75) is 26.8 Å². The molecule has 1 unspecified atom stereocenters. The van der Waals surface area contributed by atoms with E-state index in [-0.39, 0.29) is 16.8 Å². The molecule has 0 spiro atoms. The first kappa shape index (κ1) is 20.7. The number of carbonyl (C=O) groups is 1. The zero-order chi connectivity index (χ0) is 22.6. The van der Waals surface area contributed by atoms with Crippen LogP contribution in [0.5, 0.6) is 5.75 Å². The summed E-state index contributed by atoms with van der Waals surface area (Å²) < 4.78 is 11.6. The fraction of sp³-hybridized carbons (Fsp3) is 0.217. The minimum atomic E-state index is -0.731. The first-order valence-corrected chi connectivity index (χ1v) is 11.2. The number of ether oxygens (including phenoxy) is 1. The number of hydrogen-bond donors (Lipinski definition) is 0. The number of fused-ring (bicyclic) bond motifs is 2. The van der Waals surface area contributed by atoms with Gasteiger partial charge in [-0.25, -0.2) is 0 Å². The highest BCUT2D eigenvalue weighted by molar-refractivity contribution is 7.15. The van der Waals surface area contributed by atoms with Gasteiger partial charge in [-0.2, -0.15) is 0 Å². The summed E-state index contributed by atoms with van der Waals surface area (Å²) in [6, 6.07) is 9.87. The van der Waals surface area contributed by atoms with Gasteiger partial charge in [0, 0.05) is 5.02 Å². The Morgan fingerprint density at radius 2 is 2.00 bits per heavy atom. The quantitative estimate of drug-likeness (QED) is 0.417. The fourth-order valence-corrected chi connectivity index (χ4v) is 4.81. The first-order chi connectivity index (χ1) is 15.4. The molecule has 7 nitrogen and oxygen atoms in total. The molecule has 0 aliphatic carbocycles. The van der Waals surface area contributed by atoms with Gasteiger partial charge >= 0.3 is 0 Å². The van der Waals surface area contributed by atoms with Crippen LogP contribution in [0.2, 0.25) is 5.02 Å². The molecule has 0 fully saturated rings. The predicted molar refractivity (Wildman–Crippen MR) is 123 cm³/mol. The van der Waals surface area contributed by atoms with Crippen molar-refractivity contribution in [3.05, 3.63) is 79.1 Å². The van der Waals surface area contributed by atoms with E-state index in [1.165, 1.54) is 16.2 Å². The van der Waals surface area contributed by atoms with E-state index >= 15 is 0 Å². The van der Waals surface area contributed by atoms with Crippen LogP contribution in [0.1, 0.15) is 45.2 Å². The molecule has 5 rings (SSSR count). The molecule has 2 aromatic carbocycles. The van der Waals surface area contributed by atoms with E-state index in [4.69, 9.17) is 20.8 Å². The summed E-state index contributed by atoms with van der Waals surface area (Å²) in [6.07, 6.45) is 0. The molecular formula is C23H18ClN3O4S. The Bertz CT molecular complexity index is 1450. The maximum Gasteiger partial charge on any atom is 0.297 e. The molecule has 2 aromatic heterocycles. The summed E-state index contributed by atoms with van der Waals surface area (Å²) in [5, 5.41) is 10.1. The first-order valence-electron chi connectivity index (χ1n) is 10.0. The molecular weight excluding hydrogens is 450 g/mol. The fourth-order valence-electron chi connectivity index (χ4n) is 3.93. The number of hydrogen-bond acceptors (Lipinski definition) is 7. The van der Waals surface area contributed by atoms with Gasteiger partial charge in [0.05, 0.1) is 23.6 Å². The van der Waals surface area contributed by atoms with E-state index in [2.05, 4.69) is 10.2 Å². The standard InChI is InChI=1S/C23H18ClN3O4S/c1-4-30-14-7-5-6-13(9-14)19-18-20(28)15-10-16(24)11(2)8-17(15)31-21(18)22(29)27(19)23-26-25-12(3)32-23/h5-10,19H,4H2,1-3H3. The largest absolute Gasteiger partial charge is 0.494 e. The Labute approximate surface area is 192 Å². The topological polar surface area (TPSA) is 85.5 Å². The van der Waals surface area contributed by atoms with E-state index in [9.17, 15) is 9.59 Å². The van der Waals surface area contributed by atoms with Gasteiger partial charge in [0.1, 0.15) is 16.3 Å². The molecule has 0 saturated heterocycles. The Kier molecular flexibility index (Phi) is 4.98. The van der Waals surface area contributed by atoms with Gasteiger partial charge < -0.3 is 9.15 Å². The average molecular weight is 468 g/mol. The zero-order valence-corrected chi connectivity index (χ0v) is 19.1. The normalized spacial score (nSPS) is 15.4. The summed E-state index contributed by atoms with van der Waals surface area (Å²) in [4.78, 5) is 28.6. The molecule has 3 heterocycles. The van der Waals surface area contributed by atoms with Crippen LogP contribution < -0.4 is 15.1 Å². The lowest BCUT2D eigenvalue weighted by Gasteiger charge is -2.22. The molecule has 1 aliphatic rings. The summed E-state index contributed by atoms with van der Waals surface area (Å²) in [6.45, 7) is 6.01. The van der Waals surface area contributed by atoms with E-state index < -0.39 is 11.9 Å². The van der Waals surface area contributed by atoms with Crippen molar-refractivity contribution in [2.75, 3.05) is 11.5 Å². The molecule has 0 saturated carbocycles. The Balaban J connectivity index is 1.80. The number of aryl methyl sites for hydroxylation is 2. The SMILES string of the molecule is CCOc1cccc(C2c3c(oc4cc(C)c(Cl)cc4c3=O)C(=O)N2c2nnc(C)s2)c1. The highest BCUT2D eigenvalue weighted by atomic mass is 35.5. The lowest BCUT2D eigenvalue weighted by Crippen LogP contribution is -2.29. The van der Waals surface area contributed by atoms with Crippen LogP contribution in [-0.4, -0.2) is 22.7 Å². The van der Waals surface area contributed by atoms with Crippen molar-refractivity contribution in [3.8, 4) is 5.75 Å². The van der Waals surface area contributed by atoms with Crippen LogP contribution in [0.3, 0.4) is 0 Å². The van der Waals surface area contributed by atoms with Crippen LogP contribution in [0.4, 0.5) is 5.13 Å². The summed E-state index contributed by atoms with van der Waals surface area (Å²) in [5.41, 5.74) is 1.74. The van der Waals surface area contributed by atoms with Crippen molar-refractivity contribution < 1.29 is 13.9 Å². The number of halogens is 1. The van der Waals surface area contributed by atoms with Crippen molar-refractivity contribution >= 4 is 44.9 Å². The molecule has 0 bridgehead atoms. The monoisotopic (exact) mass is 467 g/mol.